The van der Waals surface area contributed by atoms with Crippen molar-refractivity contribution in [2.45, 2.75) is 105 Å². The van der Waals surface area contributed by atoms with Crippen LogP contribution < -0.4 is 10.6 Å². The average molecular weight is 538 g/mol. The number of benzene rings is 2. The molecular formula is C32H47N3O4. The Kier molecular flexibility index (Phi) is 10.7. The van der Waals surface area contributed by atoms with Crippen molar-refractivity contribution in [1.29, 1.82) is 0 Å². The lowest BCUT2D eigenvalue weighted by atomic mass is 9.88. The fourth-order valence-electron chi connectivity index (χ4n) is 4.38. The average Bonchev–Trinajstić information content (AvgIpc) is 2.84. The van der Waals surface area contributed by atoms with Crippen LogP contribution in [0.5, 0.6) is 0 Å². The van der Waals surface area contributed by atoms with Gasteiger partial charge in [0.05, 0.1) is 0 Å². The van der Waals surface area contributed by atoms with Gasteiger partial charge in [-0.2, -0.15) is 0 Å². The number of ether oxygens (including phenoxy) is 1. The minimum atomic E-state index is -0.905. The molecule has 0 bridgehead atoms. The second-order valence-corrected chi connectivity index (χ2v) is 12.2. The third-order valence-corrected chi connectivity index (χ3v) is 6.91. The summed E-state index contributed by atoms with van der Waals surface area (Å²) in [5, 5.41) is 5.87. The van der Waals surface area contributed by atoms with E-state index in [1.807, 2.05) is 97.0 Å². The fraction of sp³-hybridized carbons (Fsp3) is 0.531. The molecule has 0 aliphatic heterocycles. The van der Waals surface area contributed by atoms with Gasteiger partial charge in [0.2, 0.25) is 11.8 Å². The SMILES string of the molecule is CCC(C)(C)N(C(=O)C(NC(=O)OC(C)(C)C)C(C)C)C(C(=O)NCc1ccccc1)c1cc(C)ccc1C. The molecule has 7 heteroatoms. The second kappa shape index (κ2) is 13.1. The van der Waals surface area contributed by atoms with Crippen LogP contribution in [0.25, 0.3) is 0 Å². The van der Waals surface area contributed by atoms with E-state index in [0.717, 1.165) is 22.3 Å². The van der Waals surface area contributed by atoms with Crippen molar-refractivity contribution in [3.63, 3.8) is 0 Å². The molecule has 0 aromatic heterocycles. The van der Waals surface area contributed by atoms with Gasteiger partial charge in [-0.15, -0.1) is 0 Å². The molecule has 39 heavy (non-hydrogen) atoms. The quantitative estimate of drug-likeness (QED) is 0.376. The first-order valence-corrected chi connectivity index (χ1v) is 13.8. The summed E-state index contributed by atoms with van der Waals surface area (Å²) in [6.45, 7) is 19.2. The standard InChI is InChI=1S/C32H47N3O4/c1-11-32(9,10)35(29(37)26(21(2)3)34-30(38)39-31(6,7)8)27(25-19-22(4)17-18-23(25)5)28(36)33-20-24-15-13-12-14-16-24/h12-19,21,26-27H,11,20H2,1-10H3,(H,33,36)(H,34,38). The predicted molar refractivity (Wildman–Crippen MR) is 156 cm³/mol. The molecule has 0 aliphatic carbocycles. The van der Waals surface area contributed by atoms with Crippen molar-refractivity contribution in [3.8, 4) is 0 Å². The first-order chi connectivity index (χ1) is 18.1. The lowest BCUT2D eigenvalue weighted by Crippen LogP contribution is -2.60. The van der Waals surface area contributed by atoms with Gasteiger partial charge >= 0.3 is 6.09 Å². The first-order valence-electron chi connectivity index (χ1n) is 13.8. The molecule has 2 rings (SSSR count). The van der Waals surface area contributed by atoms with Crippen molar-refractivity contribution in [2.75, 3.05) is 0 Å². The molecule has 2 N–H and O–H groups in total. The smallest absolute Gasteiger partial charge is 0.408 e. The lowest BCUT2D eigenvalue weighted by molar-refractivity contribution is -0.150. The van der Waals surface area contributed by atoms with E-state index in [2.05, 4.69) is 10.6 Å². The minimum absolute atomic E-state index is 0.244. The molecule has 3 amide bonds. The Hall–Kier alpha value is -3.35. The molecule has 0 aliphatic rings. The summed E-state index contributed by atoms with van der Waals surface area (Å²) < 4.78 is 5.48. The van der Waals surface area contributed by atoms with Gasteiger partial charge in [-0.05, 0) is 77.5 Å². The molecule has 0 spiro atoms. The van der Waals surface area contributed by atoms with E-state index in [1.54, 1.807) is 25.7 Å². The minimum Gasteiger partial charge on any atom is -0.444 e. The summed E-state index contributed by atoms with van der Waals surface area (Å²) in [4.78, 5) is 43.0. The third-order valence-electron chi connectivity index (χ3n) is 6.91. The van der Waals surface area contributed by atoms with E-state index in [1.165, 1.54) is 0 Å². The van der Waals surface area contributed by atoms with Crippen molar-refractivity contribution in [1.82, 2.24) is 15.5 Å². The highest BCUT2D eigenvalue weighted by Gasteiger charge is 2.44. The van der Waals surface area contributed by atoms with Crippen LogP contribution in [-0.4, -0.2) is 40.0 Å². The molecule has 7 nitrogen and oxygen atoms in total. The molecule has 2 aromatic carbocycles. The van der Waals surface area contributed by atoms with Crippen molar-refractivity contribution in [2.24, 2.45) is 5.92 Å². The predicted octanol–water partition coefficient (Wildman–Crippen LogP) is 6.23. The molecule has 0 saturated heterocycles. The molecule has 2 unspecified atom stereocenters. The number of nitrogens with zero attached hydrogens (tertiary/aromatic N) is 1. The van der Waals surface area contributed by atoms with Crippen LogP contribution in [0.1, 0.15) is 90.1 Å². The lowest BCUT2D eigenvalue weighted by Gasteiger charge is -2.45. The van der Waals surface area contributed by atoms with Crippen LogP contribution in [0.2, 0.25) is 0 Å². The van der Waals surface area contributed by atoms with Crippen LogP contribution in [0.4, 0.5) is 4.79 Å². The van der Waals surface area contributed by atoms with Crippen molar-refractivity contribution in [3.05, 3.63) is 70.8 Å². The van der Waals surface area contributed by atoms with Gasteiger partial charge in [-0.1, -0.05) is 74.9 Å². The van der Waals surface area contributed by atoms with Crippen LogP contribution in [0.3, 0.4) is 0 Å². The van der Waals surface area contributed by atoms with Gasteiger partial charge in [0.15, 0.2) is 0 Å². The number of carbonyl (C=O) groups is 3. The van der Waals surface area contributed by atoms with E-state index >= 15 is 0 Å². The number of amides is 3. The topological polar surface area (TPSA) is 87.7 Å². The normalized spacial score (nSPS) is 13.4. The monoisotopic (exact) mass is 537 g/mol. The molecule has 0 radical (unpaired) electrons. The third kappa shape index (κ3) is 8.84. The largest absolute Gasteiger partial charge is 0.444 e. The molecular weight excluding hydrogens is 490 g/mol. The number of carbonyl (C=O) groups excluding carboxylic acids is 3. The van der Waals surface area contributed by atoms with Crippen molar-refractivity contribution < 1.29 is 19.1 Å². The molecule has 2 atom stereocenters. The summed E-state index contributed by atoms with van der Waals surface area (Å²) in [7, 11) is 0. The first kappa shape index (κ1) is 31.9. The highest BCUT2D eigenvalue weighted by atomic mass is 16.6. The van der Waals surface area contributed by atoms with E-state index < -0.39 is 29.3 Å². The Morgan fingerprint density at radius 1 is 0.949 bits per heavy atom. The Morgan fingerprint density at radius 2 is 1.56 bits per heavy atom. The number of alkyl carbamates (subject to hydrolysis) is 1. The van der Waals surface area contributed by atoms with Crippen LogP contribution in [0, 0.1) is 19.8 Å². The zero-order chi connectivity index (χ0) is 29.5. The van der Waals surface area contributed by atoms with E-state index in [9.17, 15) is 14.4 Å². The number of hydrogen-bond acceptors (Lipinski definition) is 4. The van der Waals surface area contributed by atoms with E-state index in [4.69, 9.17) is 4.74 Å². The number of rotatable bonds is 10. The van der Waals surface area contributed by atoms with Gasteiger partial charge in [0.1, 0.15) is 17.7 Å². The highest BCUT2D eigenvalue weighted by molar-refractivity contribution is 5.93. The van der Waals surface area contributed by atoms with Gasteiger partial charge in [-0.3, -0.25) is 9.59 Å². The molecule has 0 heterocycles. The molecule has 2 aromatic rings. The summed E-state index contributed by atoms with van der Waals surface area (Å²) in [6.07, 6.45) is -0.0656. The van der Waals surface area contributed by atoms with Gasteiger partial charge in [-0.25, -0.2) is 4.79 Å². The Labute approximate surface area is 234 Å². The maximum atomic E-state index is 14.5. The molecule has 0 fully saturated rings. The Morgan fingerprint density at radius 3 is 2.10 bits per heavy atom. The summed E-state index contributed by atoms with van der Waals surface area (Å²) in [5.74, 6) is -0.850. The number of hydrogen-bond donors (Lipinski definition) is 2. The van der Waals surface area contributed by atoms with Gasteiger partial charge < -0.3 is 20.3 Å². The van der Waals surface area contributed by atoms with Crippen LogP contribution >= 0.6 is 0 Å². The number of nitrogens with one attached hydrogen (secondary N) is 2. The summed E-state index contributed by atoms with van der Waals surface area (Å²) in [6, 6.07) is 13.8. The molecule has 0 saturated carbocycles. The van der Waals surface area contributed by atoms with Crippen LogP contribution in [-0.2, 0) is 20.9 Å². The second-order valence-electron chi connectivity index (χ2n) is 12.2. The highest BCUT2D eigenvalue weighted by Crippen LogP contribution is 2.34. The van der Waals surface area contributed by atoms with Gasteiger partial charge in [0.25, 0.3) is 0 Å². The maximum Gasteiger partial charge on any atom is 0.408 e. The van der Waals surface area contributed by atoms with E-state index in [0.29, 0.717) is 13.0 Å². The van der Waals surface area contributed by atoms with Crippen LogP contribution in [0.15, 0.2) is 48.5 Å². The fourth-order valence-corrected chi connectivity index (χ4v) is 4.38. The Balaban J connectivity index is 2.61. The van der Waals surface area contributed by atoms with Gasteiger partial charge in [0, 0.05) is 12.1 Å². The van der Waals surface area contributed by atoms with E-state index in [-0.39, 0.29) is 17.7 Å². The summed E-state index contributed by atoms with van der Waals surface area (Å²) >= 11 is 0. The summed E-state index contributed by atoms with van der Waals surface area (Å²) in [5.41, 5.74) is 2.21. The Bertz CT molecular complexity index is 1140. The zero-order valence-electron chi connectivity index (χ0n) is 25.3. The van der Waals surface area contributed by atoms with Crippen molar-refractivity contribution >= 4 is 17.9 Å². The zero-order valence-corrected chi connectivity index (χ0v) is 25.3. The number of aryl methyl sites for hydroxylation is 2. The maximum absolute atomic E-state index is 14.5. The molecule has 214 valence electrons.